The van der Waals surface area contributed by atoms with Crippen molar-refractivity contribution in [2.75, 3.05) is 5.32 Å². The molecular formula is C20H18F2N4OS. The van der Waals surface area contributed by atoms with Gasteiger partial charge in [-0.15, -0.1) is 0 Å². The minimum absolute atomic E-state index is 0.0531. The zero-order chi connectivity index (χ0) is 19.7. The van der Waals surface area contributed by atoms with Crippen LogP contribution in [0.4, 0.5) is 19.6 Å². The molecule has 2 aromatic carbocycles. The molecule has 8 heteroatoms. The molecule has 0 saturated heterocycles. The lowest BCUT2D eigenvalue weighted by Gasteiger charge is -2.19. The van der Waals surface area contributed by atoms with Crippen LogP contribution in [0.5, 0.6) is 5.75 Å². The number of nitrogens with one attached hydrogen (secondary N) is 1. The highest BCUT2D eigenvalue weighted by Crippen LogP contribution is 2.37. The molecule has 2 heterocycles. The fraction of sp³-hybridized carbons (Fsp3) is 0.200. The van der Waals surface area contributed by atoms with E-state index >= 15 is 0 Å². The van der Waals surface area contributed by atoms with Crippen molar-refractivity contribution in [1.82, 2.24) is 9.97 Å². The fourth-order valence-corrected chi connectivity index (χ4v) is 3.75. The average Bonchev–Trinajstić information content (AvgIpc) is 3.12. The molecule has 28 heavy (non-hydrogen) atoms. The van der Waals surface area contributed by atoms with Gasteiger partial charge in [0.05, 0.1) is 15.9 Å². The van der Waals surface area contributed by atoms with Crippen molar-refractivity contribution < 1.29 is 13.5 Å². The second kappa shape index (κ2) is 7.29. The van der Waals surface area contributed by atoms with Gasteiger partial charge in [0.25, 0.3) is 0 Å². The van der Waals surface area contributed by atoms with Crippen molar-refractivity contribution in [3.63, 3.8) is 0 Å². The standard InChI is InChI=1S/C20H18F2N4OS/c1-2-20(21,22)27-16-5-3-12(10-23)9-15(16)25-19-26-18-14-7-8-24-11-13(14)4-6-17(18)28-19/h3-9,11H,2,10,23H2,1H3,(H,25,26). The molecule has 0 saturated carbocycles. The van der Waals surface area contributed by atoms with Gasteiger partial charge in [0.1, 0.15) is 5.75 Å². The number of nitrogens with zero attached hydrogens (tertiary/aromatic N) is 2. The van der Waals surface area contributed by atoms with Gasteiger partial charge in [-0.25, -0.2) is 4.98 Å². The Morgan fingerprint density at radius 2 is 2.07 bits per heavy atom. The van der Waals surface area contributed by atoms with Gasteiger partial charge in [-0.2, -0.15) is 8.78 Å². The molecule has 0 bridgehead atoms. The van der Waals surface area contributed by atoms with Crippen LogP contribution in [0, 0.1) is 0 Å². The Morgan fingerprint density at radius 1 is 1.21 bits per heavy atom. The summed E-state index contributed by atoms with van der Waals surface area (Å²) in [6.07, 6.45) is -0.174. The zero-order valence-corrected chi connectivity index (χ0v) is 15.9. The summed E-state index contributed by atoms with van der Waals surface area (Å²) in [4.78, 5) is 8.78. The second-order valence-electron chi connectivity index (χ2n) is 6.28. The van der Waals surface area contributed by atoms with Gasteiger partial charge in [0, 0.05) is 36.1 Å². The third-order valence-electron chi connectivity index (χ3n) is 4.37. The Morgan fingerprint density at radius 3 is 2.86 bits per heavy atom. The van der Waals surface area contributed by atoms with Crippen molar-refractivity contribution in [3.8, 4) is 5.75 Å². The van der Waals surface area contributed by atoms with Gasteiger partial charge in [-0.05, 0) is 29.8 Å². The van der Waals surface area contributed by atoms with Crippen LogP contribution in [0.1, 0.15) is 18.9 Å². The predicted octanol–water partition coefficient (Wildman–Crippen LogP) is 5.43. The zero-order valence-electron chi connectivity index (χ0n) is 15.1. The smallest absolute Gasteiger partial charge is 0.397 e. The van der Waals surface area contributed by atoms with Crippen LogP contribution in [0.15, 0.2) is 48.8 Å². The lowest BCUT2D eigenvalue weighted by atomic mass is 10.1. The van der Waals surface area contributed by atoms with Crippen molar-refractivity contribution in [2.45, 2.75) is 26.0 Å². The highest BCUT2D eigenvalue weighted by Gasteiger charge is 2.29. The highest BCUT2D eigenvalue weighted by atomic mass is 32.1. The number of ether oxygens (including phenoxy) is 1. The fourth-order valence-electron chi connectivity index (χ4n) is 2.85. The van der Waals surface area contributed by atoms with Crippen LogP contribution in [-0.4, -0.2) is 16.1 Å². The maximum Gasteiger partial charge on any atom is 0.397 e. The van der Waals surface area contributed by atoms with Crippen LogP contribution in [-0.2, 0) is 6.54 Å². The van der Waals surface area contributed by atoms with E-state index in [1.54, 1.807) is 24.5 Å². The van der Waals surface area contributed by atoms with Crippen molar-refractivity contribution in [3.05, 3.63) is 54.4 Å². The topological polar surface area (TPSA) is 73.1 Å². The molecule has 0 atom stereocenters. The molecule has 144 valence electrons. The molecule has 5 nitrogen and oxygen atoms in total. The van der Waals surface area contributed by atoms with E-state index in [1.807, 2.05) is 18.2 Å². The highest BCUT2D eigenvalue weighted by molar-refractivity contribution is 7.22. The monoisotopic (exact) mass is 400 g/mol. The lowest BCUT2D eigenvalue weighted by Crippen LogP contribution is -2.23. The van der Waals surface area contributed by atoms with Crippen molar-refractivity contribution in [2.24, 2.45) is 5.73 Å². The number of pyridine rings is 1. The van der Waals surface area contributed by atoms with Crippen molar-refractivity contribution >= 4 is 43.1 Å². The Balaban J connectivity index is 1.74. The molecule has 2 aromatic heterocycles. The number of hydrogen-bond acceptors (Lipinski definition) is 6. The molecule has 4 aromatic rings. The van der Waals surface area contributed by atoms with Crippen LogP contribution in [0.25, 0.3) is 21.0 Å². The Hall–Kier alpha value is -2.84. The molecule has 0 fully saturated rings. The number of benzene rings is 2. The maximum atomic E-state index is 13.8. The average molecular weight is 400 g/mol. The molecule has 3 N–H and O–H groups in total. The Kier molecular flexibility index (Phi) is 4.82. The van der Waals surface area contributed by atoms with Crippen LogP contribution < -0.4 is 15.8 Å². The summed E-state index contributed by atoms with van der Waals surface area (Å²) < 4.78 is 33.5. The van der Waals surface area contributed by atoms with Crippen LogP contribution >= 0.6 is 11.3 Å². The van der Waals surface area contributed by atoms with Gasteiger partial charge < -0.3 is 15.8 Å². The van der Waals surface area contributed by atoms with Gasteiger partial charge in [-0.1, -0.05) is 30.4 Å². The number of anilines is 2. The molecule has 0 aliphatic rings. The third-order valence-corrected chi connectivity index (χ3v) is 5.30. The number of alkyl halides is 2. The number of hydrogen-bond donors (Lipinski definition) is 2. The molecule has 4 rings (SSSR count). The van der Waals surface area contributed by atoms with Gasteiger partial charge in [0.15, 0.2) is 5.13 Å². The number of fused-ring (bicyclic) bond motifs is 3. The molecule has 0 amide bonds. The quantitative estimate of drug-likeness (QED) is 0.452. The Labute approximate surface area is 164 Å². The maximum absolute atomic E-state index is 13.8. The number of nitrogens with two attached hydrogens (primary N) is 1. The second-order valence-corrected chi connectivity index (χ2v) is 7.31. The summed E-state index contributed by atoms with van der Waals surface area (Å²) in [7, 11) is 0. The van der Waals surface area contributed by atoms with E-state index in [-0.39, 0.29) is 12.3 Å². The minimum Gasteiger partial charge on any atom is -0.430 e. The predicted molar refractivity (Wildman–Crippen MR) is 108 cm³/mol. The van der Waals surface area contributed by atoms with Crippen LogP contribution in [0.2, 0.25) is 0 Å². The summed E-state index contributed by atoms with van der Waals surface area (Å²) in [5.41, 5.74) is 7.74. The van der Waals surface area contributed by atoms with Gasteiger partial charge in [0.2, 0.25) is 0 Å². The Bertz CT molecular complexity index is 1150. The summed E-state index contributed by atoms with van der Waals surface area (Å²) in [5.74, 6) is 0.0531. The SMILES string of the molecule is CCC(F)(F)Oc1ccc(CN)cc1Nc1nc2c(ccc3cnccc32)s1. The van der Waals surface area contributed by atoms with E-state index in [1.165, 1.54) is 24.3 Å². The third kappa shape index (κ3) is 3.61. The summed E-state index contributed by atoms with van der Waals surface area (Å²) in [5, 5.41) is 5.68. The largest absolute Gasteiger partial charge is 0.430 e. The van der Waals surface area contributed by atoms with E-state index in [2.05, 4.69) is 15.3 Å². The van der Waals surface area contributed by atoms with E-state index in [0.717, 1.165) is 26.6 Å². The molecule has 0 spiro atoms. The number of halogens is 2. The van der Waals surface area contributed by atoms with E-state index in [0.29, 0.717) is 10.8 Å². The molecule has 0 aliphatic heterocycles. The normalized spacial score (nSPS) is 11.9. The summed E-state index contributed by atoms with van der Waals surface area (Å²) in [6.45, 7) is 1.66. The number of rotatable bonds is 6. The molecular weight excluding hydrogens is 382 g/mol. The molecule has 0 aliphatic carbocycles. The van der Waals surface area contributed by atoms with E-state index in [9.17, 15) is 8.78 Å². The van der Waals surface area contributed by atoms with Gasteiger partial charge >= 0.3 is 6.11 Å². The summed E-state index contributed by atoms with van der Waals surface area (Å²) >= 11 is 1.44. The molecule has 0 unspecified atom stereocenters. The van der Waals surface area contributed by atoms with Crippen LogP contribution in [0.3, 0.4) is 0 Å². The lowest BCUT2D eigenvalue weighted by molar-refractivity contribution is -0.176. The first-order valence-electron chi connectivity index (χ1n) is 8.79. The minimum atomic E-state index is -3.25. The molecule has 0 radical (unpaired) electrons. The number of aromatic nitrogens is 2. The van der Waals surface area contributed by atoms with E-state index < -0.39 is 12.5 Å². The van der Waals surface area contributed by atoms with Gasteiger partial charge in [-0.3, -0.25) is 4.98 Å². The first-order valence-corrected chi connectivity index (χ1v) is 9.61. The van der Waals surface area contributed by atoms with E-state index in [4.69, 9.17) is 10.5 Å². The summed E-state index contributed by atoms with van der Waals surface area (Å²) in [6, 6.07) is 10.7. The number of thiazole rings is 1. The first kappa shape index (κ1) is 18.5. The first-order chi connectivity index (χ1) is 13.5. The van der Waals surface area contributed by atoms with Crippen molar-refractivity contribution in [1.29, 1.82) is 0 Å².